The Kier molecular flexibility index (Phi) is 4.44. The van der Waals surface area contributed by atoms with Gasteiger partial charge in [0.1, 0.15) is 0 Å². The van der Waals surface area contributed by atoms with E-state index in [0.717, 1.165) is 13.0 Å². The molecule has 0 aromatic carbocycles. The average molecular weight is 261 g/mol. The van der Waals surface area contributed by atoms with Gasteiger partial charge < -0.3 is 10.1 Å². The minimum absolute atomic E-state index is 0.290. The average Bonchev–Trinajstić information content (AvgIpc) is 3.03. The summed E-state index contributed by atoms with van der Waals surface area (Å²) >= 11 is 0. The van der Waals surface area contributed by atoms with Crippen LogP contribution in [0.1, 0.15) is 26.2 Å². The van der Waals surface area contributed by atoms with Gasteiger partial charge in [-0.2, -0.15) is 0 Å². The van der Waals surface area contributed by atoms with E-state index in [2.05, 4.69) is 5.32 Å². The number of ether oxygens (including phenoxy) is 1. The summed E-state index contributed by atoms with van der Waals surface area (Å²) in [5, 5.41) is 3.50. The molecule has 0 spiro atoms. The summed E-state index contributed by atoms with van der Waals surface area (Å²) < 4.78 is 28.5. The van der Waals surface area contributed by atoms with Gasteiger partial charge in [-0.15, -0.1) is 0 Å². The molecule has 0 bridgehead atoms. The van der Waals surface area contributed by atoms with E-state index in [-0.39, 0.29) is 5.92 Å². The second-order valence-electron chi connectivity index (χ2n) is 5.27. The number of hydrogen-bond donors (Lipinski definition) is 1. The van der Waals surface area contributed by atoms with Gasteiger partial charge in [0.25, 0.3) is 0 Å². The molecule has 0 aromatic heterocycles. The van der Waals surface area contributed by atoms with E-state index in [0.29, 0.717) is 36.7 Å². The van der Waals surface area contributed by atoms with Crippen LogP contribution in [0.4, 0.5) is 0 Å². The maximum atomic E-state index is 11.5. The van der Waals surface area contributed by atoms with Crippen LogP contribution in [0, 0.1) is 11.8 Å². The molecule has 17 heavy (non-hydrogen) atoms. The molecule has 5 heteroatoms. The van der Waals surface area contributed by atoms with Crippen LogP contribution < -0.4 is 5.32 Å². The van der Waals surface area contributed by atoms with Crippen molar-refractivity contribution in [3.05, 3.63) is 0 Å². The van der Waals surface area contributed by atoms with Crippen LogP contribution in [0.15, 0.2) is 0 Å². The summed E-state index contributed by atoms with van der Waals surface area (Å²) in [5.74, 6) is 1.37. The topological polar surface area (TPSA) is 55.4 Å². The zero-order valence-electron chi connectivity index (χ0n) is 10.5. The molecule has 2 unspecified atom stereocenters. The molecule has 1 aliphatic heterocycles. The maximum Gasteiger partial charge on any atom is 0.150 e. The zero-order valence-corrected chi connectivity index (χ0v) is 11.3. The molecule has 2 fully saturated rings. The molecule has 1 aliphatic carbocycles. The smallest absolute Gasteiger partial charge is 0.150 e. The summed E-state index contributed by atoms with van der Waals surface area (Å²) in [5.41, 5.74) is 0. The monoisotopic (exact) mass is 261 g/mol. The fourth-order valence-electron chi connectivity index (χ4n) is 2.43. The highest BCUT2D eigenvalue weighted by Crippen LogP contribution is 2.27. The van der Waals surface area contributed by atoms with Gasteiger partial charge in [0.05, 0.1) is 18.1 Å². The Morgan fingerprint density at radius 3 is 2.65 bits per heavy atom. The van der Waals surface area contributed by atoms with Crippen molar-refractivity contribution in [2.75, 3.05) is 31.3 Å². The summed E-state index contributed by atoms with van der Waals surface area (Å²) in [6, 6.07) is 0.678. The van der Waals surface area contributed by atoms with Gasteiger partial charge in [-0.1, -0.05) is 0 Å². The Labute approximate surface area is 104 Å². The molecule has 4 nitrogen and oxygen atoms in total. The van der Waals surface area contributed by atoms with Crippen molar-refractivity contribution in [3.8, 4) is 0 Å². The molecule has 0 aromatic rings. The van der Waals surface area contributed by atoms with E-state index in [1.165, 1.54) is 12.8 Å². The predicted octanol–water partition coefficient (Wildman–Crippen LogP) is 0.826. The van der Waals surface area contributed by atoms with E-state index >= 15 is 0 Å². The van der Waals surface area contributed by atoms with Gasteiger partial charge >= 0.3 is 0 Å². The van der Waals surface area contributed by atoms with Crippen molar-refractivity contribution in [3.63, 3.8) is 0 Å². The molecule has 2 atom stereocenters. The molecular weight excluding hydrogens is 238 g/mol. The van der Waals surface area contributed by atoms with Crippen LogP contribution in [0.25, 0.3) is 0 Å². The molecule has 100 valence electrons. The van der Waals surface area contributed by atoms with E-state index in [1.807, 2.05) is 6.92 Å². The minimum Gasteiger partial charge on any atom is -0.381 e. The quantitative estimate of drug-likeness (QED) is 0.737. The first kappa shape index (κ1) is 13.3. The van der Waals surface area contributed by atoms with Gasteiger partial charge in [-0.25, -0.2) is 8.42 Å². The van der Waals surface area contributed by atoms with Gasteiger partial charge in [-0.3, -0.25) is 0 Å². The summed E-state index contributed by atoms with van der Waals surface area (Å²) in [4.78, 5) is 0. The molecule has 1 saturated heterocycles. The first-order chi connectivity index (χ1) is 8.11. The van der Waals surface area contributed by atoms with Crippen LogP contribution in [0.3, 0.4) is 0 Å². The van der Waals surface area contributed by atoms with Crippen molar-refractivity contribution in [2.45, 2.75) is 32.2 Å². The number of sulfone groups is 1. The maximum absolute atomic E-state index is 11.5. The highest BCUT2D eigenvalue weighted by atomic mass is 32.2. The predicted molar refractivity (Wildman–Crippen MR) is 67.8 cm³/mol. The van der Waals surface area contributed by atoms with Crippen LogP contribution in [-0.2, 0) is 14.6 Å². The summed E-state index contributed by atoms with van der Waals surface area (Å²) in [6.07, 6.45) is 3.35. The lowest BCUT2D eigenvalue weighted by Crippen LogP contribution is -2.33. The Balaban J connectivity index is 1.84. The molecule has 0 amide bonds. The normalized spacial score (nSPS) is 29.4. The SMILES string of the molecule is CCOCC(CNC1CC1)C1CCS(=O)(=O)C1. The number of nitrogens with one attached hydrogen (secondary N) is 1. The molecular formula is C12H23NO3S. The fourth-order valence-corrected chi connectivity index (χ4v) is 4.35. The third-order valence-electron chi connectivity index (χ3n) is 3.72. The Hall–Kier alpha value is -0.130. The number of hydrogen-bond acceptors (Lipinski definition) is 4. The van der Waals surface area contributed by atoms with Crippen molar-refractivity contribution < 1.29 is 13.2 Å². The third-order valence-corrected chi connectivity index (χ3v) is 5.51. The van der Waals surface area contributed by atoms with Gasteiger partial charge in [-0.05, 0) is 38.0 Å². The molecule has 1 N–H and O–H groups in total. The standard InChI is InChI=1S/C12H23NO3S/c1-2-16-8-11(7-13-12-3-4-12)10-5-6-17(14,15)9-10/h10-13H,2-9H2,1H3. The van der Waals surface area contributed by atoms with E-state index < -0.39 is 9.84 Å². The van der Waals surface area contributed by atoms with Gasteiger partial charge in [0.15, 0.2) is 9.84 Å². The van der Waals surface area contributed by atoms with Gasteiger partial charge in [0.2, 0.25) is 0 Å². The summed E-state index contributed by atoms with van der Waals surface area (Å²) in [7, 11) is -2.77. The van der Waals surface area contributed by atoms with Gasteiger partial charge in [0, 0.05) is 19.2 Å². The summed E-state index contributed by atoms with van der Waals surface area (Å²) in [6.45, 7) is 4.29. The Morgan fingerprint density at radius 1 is 1.35 bits per heavy atom. The van der Waals surface area contributed by atoms with Crippen LogP contribution in [0.5, 0.6) is 0 Å². The first-order valence-electron chi connectivity index (χ1n) is 6.62. The second kappa shape index (κ2) is 5.67. The molecule has 1 saturated carbocycles. The molecule has 2 rings (SSSR count). The van der Waals surface area contributed by atoms with Crippen molar-refractivity contribution >= 4 is 9.84 Å². The van der Waals surface area contributed by atoms with E-state index in [9.17, 15) is 8.42 Å². The minimum atomic E-state index is -2.77. The molecule has 2 aliphatic rings. The third kappa shape index (κ3) is 4.23. The van der Waals surface area contributed by atoms with Crippen molar-refractivity contribution in [1.29, 1.82) is 0 Å². The number of rotatable bonds is 7. The van der Waals surface area contributed by atoms with Crippen LogP contribution in [-0.4, -0.2) is 45.7 Å². The highest BCUT2D eigenvalue weighted by molar-refractivity contribution is 7.91. The van der Waals surface area contributed by atoms with Crippen molar-refractivity contribution in [2.24, 2.45) is 11.8 Å². The molecule has 0 radical (unpaired) electrons. The van der Waals surface area contributed by atoms with Crippen LogP contribution >= 0.6 is 0 Å². The lowest BCUT2D eigenvalue weighted by molar-refractivity contribution is 0.0896. The van der Waals surface area contributed by atoms with E-state index in [1.54, 1.807) is 0 Å². The first-order valence-corrected chi connectivity index (χ1v) is 8.44. The Bertz CT molecular complexity index is 338. The highest BCUT2D eigenvalue weighted by Gasteiger charge is 2.34. The fraction of sp³-hybridized carbons (Fsp3) is 1.00. The van der Waals surface area contributed by atoms with Crippen molar-refractivity contribution in [1.82, 2.24) is 5.32 Å². The lowest BCUT2D eigenvalue weighted by atomic mass is 9.92. The van der Waals surface area contributed by atoms with E-state index in [4.69, 9.17) is 4.74 Å². The largest absolute Gasteiger partial charge is 0.381 e. The lowest BCUT2D eigenvalue weighted by Gasteiger charge is -2.22. The van der Waals surface area contributed by atoms with Crippen LogP contribution in [0.2, 0.25) is 0 Å². The molecule has 1 heterocycles. The Morgan fingerprint density at radius 2 is 2.12 bits per heavy atom. The second-order valence-corrected chi connectivity index (χ2v) is 7.49. The zero-order chi connectivity index (χ0) is 12.3.